The Morgan fingerprint density at radius 2 is 1.54 bits per heavy atom. The predicted octanol–water partition coefficient (Wildman–Crippen LogP) is 2.84. The fourth-order valence-electron chi connectivity index (χ4n) is 2.60. The lowest BCUT2D eigenvalue weighted by Crippen LogP contribution is -2.31. The lowest BCUT2D eigenvalue weighted by Gasteiger charge is -2.13. The smallest absolute Gasteiger partial charge is 0.338 e. The summed E-state index contributed by atoms with van der Waals surface area (Å²) < 4.78 is 5.19. The number of hydrogen-bond acceptors (Lipinski definition) is 4. The number of hydrogen-bond donors (Lipinski definition) is 0. The van der Waals surface area contributed by atoms with Crippen molar-refractivity contribution in [3.05, 3.63) is 70.8 Å². The van der Waals surface area contributed by atoms with Crippen LogP contribution in [0.5, 0.6) is 0 Å². The first-order chi connectivity index (χ1) is 11.6. The molecule has 0 radical (unpaired) electrons. The zero-order valence-corrected chi connectivity index (χ0v) is 13.3. The standard InChI is InChI=1S/C19H17NO4/c1-13-7-9-14(10-8-13)19(23)24-12-4-11-20-17(21)15-5-2-3-6-16(15)18(20)22/h2-3,5-10H,4,11-12H2,1H3. The monoisotopic (exact) mass is 323 g/mol. The van der Waals surface area contributed by atoms with Gasteiger partial charge in [-0.2, -0.15) is 0 Å². The second kappa shape index (κ2) is 6.66. The van der Waals surface area contributed by atoms with Crippen LogP contribution < -0.4 is 0 Å². The molecule has 2 aromatic rings. The van der Waals surface area contributed by atoms with Crippen LogP contribution in [0.1, 0.15) is 43.1 Å². The second-order valence-corrected chi connectivity index (χ2v) is 5.66. The summed E-state index contributed by atoms with van der Waals surface area (Å²) in [5.41, 5.74) is 2.41. The minimum absolute atomic E-state index is 0.153. The molecule has 0 fully saturated rings. The van der Waals surface area contributed by atoms with E-state index in [1.54, 1.807) is 36.4 Å². The molecule has 0 bridgehead atoms. The van der Waals surface area contributed by atoms with Gasteiger partial charge in [0.2, 0.25) is 0 Å². The van der Waals surface area contributed by atoms with Crippen molar-refractivity contribution >= 4 is 17.8 Å². The summed E-state index contributed by atoms with van der Waals surface area (Å²) in [6.45, 7) is 2.32. The van der Waals surface area contributed by atoms with E-state index in [1.165, 1.54) is 4.90 Å². The maximum atomic E-state index is 12.2. The minimum Gasteiger partial charge on any atom is -0.462 e. The first kappa shape index (κ1) is 15.9. The summed E-state index contributed by atoms with van der Waals surface area (Å²) in [5, 5.41) is 0. The Kier molecular flexibility index (Phi) is 4.42. The second-order valence-electron chi connectivity index (χ2n) is 5.66. The number of carbonyl (C=O) groups is 3. The van der Waals surface area contributed by atoms with Crippen LogP contribution in [0.2, 0.25) is 0 Å². The van der Waals surface area contributed by atoms with Gasteiger partial charge >= 0.3 is 5.97 Å². The average Bonchev–Trinajstić information content (AvgIpc) is 2.84. The quantitative estimate of drug-likeness (QED) is 0.482. The molecule has 1 aliphatic rings. The van der Waals surface area contributed by atoms with Crippen molar-refractivity contribution in [1.29, 1.82) is 0 Å². The van der Waals surface area contributed by atoms with Gasteiger partial charge in [-0.05, 0) is 37.6 Å². The van der Waals surface area contributed by atoms with E-state index in [1.807, 2.05) is 19.1 Å². The SMILES string of the molecule is Cc1ccc(C(=O)OCCCN2C(=O)c3ccccc3C2=O)cc1. The molecule has 0 unspecified atom stereocenters. The van der Waals surface area contributed by atoms with Crippen LogP contribution in [-0.4, -0.2) is 35.8 Å². The molecule has 3 rings (SSSR count). The fraction of sp³-hybridized carbons (Fsp3) is 0.211. The number of esters is 1. The maximum Gasteiger partial charge on any atom is 0.338 e. The number of benzene rings is 2. The number of rotatable bonds is 5. The van der Waals surface area contributed by atoms with Crippen molar-refractivity contribution in [3.63, 3.8) is 0 Å². The Bertz CT molecular complexity index is 760. The molecule has 122 valence electrons. The first-order valence-corrected chi connectivity index (χ1v) is 7.77. The fourth-order valence-corrected chi connectivity index (χ4v) is 2.60. The number of imide groups is 1. The van der Waals surface area contributed by atoms with Crippen molar-refractivity contribution in [3.8, 4) is 0 Å². The van der Waals surface area contributed by atoms with E-state index in [2.05, 4.69) is 0 Å². The van der Waals surface area contributed by atoms with Crippen molar-refractivity contribution in [1.82, 2.24) is 4.90 Å². The highest BCUT2D eigenvalue weighted by Crippen LogP contribution is 2.22. The van der Waals surface area contributed by atoms with Gasteiger partial charge in [-0.15, -0.1) is 0 Å². The molecule has 2 amide bonds. The van der Waals surface area contributed by atoms with Gasteiger partial charge in [0.15, 0.2) is 0 Å². The van der Waals surface area contributed by atoms with E-state index < -0.39 is 5.97 Å². The Morgan fingerprint density at radius 1 is 0.958 bits per heavy atom. The van der Waals surface area contributed by atoms with Gasteiger partial charge in [0, 0.05) is 6.54 Å². The number of fused-ring (bicyclic) bond motifs is 1. The zero-order valence-electron chi connectivity index (χ0n) is 13.3. The highest BCUT2D eigenvalue weighted by Gasteiger charge is 2.34. The third-order valence-corrected chi connectivity index (χ3v) is 3.92. The predicted molar refractivity (Wildman–Crippen MR) is 87.9 cm³/mol. The van der Waals surface area contributed by atoms with Crippen LogP contribution in [0, 0.1) is 6.92 Å². The first-order valence-electron chi connectivity index (χ1n) is 7.77. The van der Waals surface area contributed by atoms with Gasteiger partial charge in [-0.3, -0.25) is 14.5 Å². The number of carbonyl (C=O) groups excluding carboxylic acids is 3. The van der Waals surface area contributed by atoms with Crippen LogP contribution in [0.4, 0.5) is 0 Å². The number of nitrogens with zero attached hydrogens (tertiary/aromatic N) is 1. The summed E-state index contributed by atoms with van der Waals surface area (Å²) in [6.07, 6.45) is 0.406. The molecule has 1 aliphatic heterocycles. The lowest BCUT2D eigenvalue weighted by atomic mass is 10.1. The molecule has 1 heterocycles. The van der Waals surface area contributed by atoms with Crippen LogP contribution in [0.15, 0.2) is 48.5 Å². The Morgan fingerprint density at radius 3 is 2.12 bits per heavy atom. The van der Waals surface area contributed by atoms with Crippen LogP contribution >= 0.6 is 0 Å². The summed E-state index contributed by atoms with van der Waals surface area (Å²) in [5.74, 6) is -0.988. The summed E-state index contributed by atoms with van der Waals surface area (Å²) >= 11 is 0. The van der Waals surface area contributed by atoms with Crippen molar-refractivity contribution in [2.45, 2.75) is 13.3 Å². The zero-order chi connectivity index (χ0) is 17.1. The van der Waals surface area contributed by atoms with Gasteiger partial charge in [0.05, 0.1) is 23.3 Å². The van der Waals surface area contributed by atoms with Crippen LogP contribution in [0.3, 0.4) is 0 Å². The topological polar surface area (TPSA) is 63.7 Å². The van der Waals surface area contributed by atoms with E-state index in [0.717, 1.165) is 5.56 Å². The Hall–Kier alpha value is -2.95. The number of amides is 2. The van der Waals surface area contributed by atoms with E-state index in [-0.39, 0.29) is 25.0 Å². The van der Waals surface area contributed by atoms with Crippen molar-refractivity contribution in [2.75, 3.05) is 13.2 Å². The Labute approximate surface area is 139 Å². The third-order valence-electron chi connectivity index (χ3n) is 3.92. The molecule has 0 N–H and O–H groups in total. The molecule has 5 nitrogen and oxygen atoms in total. The molecule has 24 heavy (non-hydrogen) atoms. The van der Waals surface area contributed by atoms with Gasteiger partial charge in [0.25, 0.3) is 11.8 Å². The average molecular weight is 323 g/mol. The van der Waals surface area contributed by atoms with E-state index in [4.69, 9.17) is 4.74 Å². The molecular weight excluding hydrogens is 306 g/mol. The normalized spacial score (nSPS) is 13.1. The molecule has 0 saturated carbocycles. The van der Waals surface area contributed by atoms with Crippen molar-refractivity contribution < 1.29 is 19.1 Å². The highest BCUT2D eigenvalue weighted by molar-refractivity contribution is 6.21. The molecular formula is C19H17NO4. The number of aryl methyl sites for hydroxylation is 1. The van der Waals surface area contributed by atoms with E-state index in [9.17, 15) is 14.4 Å². The van der Waals surface area contributed by atoms with Crippen LogP contribution in [0.25, 0.3) is 0 Å². The van der Waals surface area contributed by atoms with Gasteiger partial charge < -0.3 is 4.74 Å². The maximum absolute atomic E-state index is 12.2. The minimum atomic E-state index is -0.405. The van der Waals surface area contributed by atoms with Crippen molar-refractivity contribution in [2.24, 2.45) is 0 Å². The molecule has 0 spiro atoms. The Balaban J connectivity index is 1.51. The van der Waals surface area contributed by atoms with Gasteiger partial charge in [-0.1, -0.05) is 29.8 Å². The third kappa shape index (κ3) is 3.06. The van der Waals surface area contributed by atoms with E-state index >= 15 is 0 Å². The molecule has 0 aliphatic carbocycles. The molecule has 0 saturated heterocycles. The largest absolute Gasteiger partial charge is 0.462 e. The summed E-state index contributed by atoms with van der Waals surface area (Å²) in [4.78, 5) is 37.5. The van der Waals surface area contributed by atoms with Crippen LogP contribution in [-0.2, 0) is 4.74 Å². The molecule has 0 aromatic heterocycles. The molecule has 2 aromatic carbocycles. The summed E-state index contributed by atoms with van der Waals surface area (Å²) in [6, 6.07) is 13.9. The van der Waals surface area contributed by atoms with Gasteiger partial charge in [0.1, 0.15) is 0 Å². The highest BCUT2D eigenvalue weighted by atomic mass is 16.5. The number of ether oxygens (including phenoxy) is 1. The van der Waals surface area contributed by atoms with E-state index in [0.29, 0.717) is 23.1 Å². The molecule has 5 heteroatoms. The summed E-state index contributed by atoms with van der Waals surface area (Å²) in [7, 11) is 0. The van der Waals surface area contributed by atoms with Gasteiger partial charge in [-0.25, -0.2) is 4.79 Å². The lowest BCUT2D eigenvalue weighted by molar-refractivity contribution is 0.0482. The molecule has 0 atom stereocenters.